The van der Waals surface area contributed by atoms with Crippen molar-refractivity contribution in [1.29, 1.82) is 5.26 Å². The molecule has 2 aromatic carbocycles. The van der Waals surface area contributed by atoms with Crippen LogP contribution in [0.2, 0.25) is 0 Å². The average Bonchev–Trinajstić information content (AvgIpc) is 3.42. The Bertz CT molecular complexity index is 1970. The Labute approximate surface area is 310 Å². The highest BCUT2D eigenvalue weighted by molar-refractivity contribution is 7.93. The summed E-state index contributed by atoms with van der Waals surface area (Å²) in [5.41, 5.74) is -2.36. The number of pyridine rings is 1. The fourth-order valence-electron chi connectivity index (χ4n) is 7.48. The van der Waals surface area contributed by atoms with Crippen molar-refractivity contribution in [1.82, 2.24) is 19.7 Å². The Morgan fingerprint density at radius 1 is 0.962 bits per heavy atom. The number of hydrogen-bond donors (Lipinski definition) is 0. The van der Waals surface area contributed by atoms with Crippen LogP contribution in [-0.2, 0) is 25.2 Å². The second kappa shape index (κ2) is 16.0. The van der Waals surface area contributed by atoms with Crippen LogP contribution in [0, 0.1) is 11.3 Å². The third-order valence-corrected chi connectivity index (χ3v) is 11.8. The molecule has 0 radical (unpaired) electrons. The predicted octanol–water partition coefficient (Wildman–Crippen LogP) is 4.37. The summed E-state index contributed by atoms with van der Waals surface area (Å²) >= 11 is 0. The van der Waals surface area contributed by atoms with Gasteiger partial charge in [-0.05, 0) is 95.2 Å². The quantitative estimate of drug-likeness (QED) is 0.259. The number of piperidine rings is 1. The van der Waals surface area contributed by atoms with Crippen molar-refractivity contribution in [2.75, 3.05) is 70.4 Å². The zero-order valence-corrected chi connectivity index (χ0v) is 31.4. The fourth-order valence-corrected chi connectivity index (χ4v) is 9.05. The monoisotopic (exact) mass is 746 g/mol. The van der Waals surface area contributed by atoms with Crippen molar-refractivity contribution >= 4 is 27.7 Å². The lowest BCUT2D eigenvalue weighted by atomic mass is 9.87. The second-order valence-electron chi connectivity index (χ2n) is 13.1. The SMILES string of the molecule is CCCN1CCC(N2CCN(C(=O)OC3(c4cccnc4OCC)C(=O)N(S(=O)(=O)c4ccc(OC)cc4OCC)c4ccc(C#N)cc43)CC2)CC1. The van der Waals surface area contributed by atoms with Crippen LogP contribution in [0.15, 0.2) is 59.6 Å². The van der Waals surface area contributed by atoms with Gasteiger partial charge in [0.25, 0.3) is 21.5 Å². The van der Waals surface area contributed by atoms with E-state index in [2.05, 4.69) is 27.8 Å². The summed E-state index contributed by atoms with van der Waals surface area (Å²) in [6.07, 6.45) is 3.90. The van der Waals surface area contributed by atoms with Crippen molar-refractivity contribution in [2.24, 2.45) is 0 Å². The molecular formula is C38H46N6O8S. The lowest BCUT2D eigenvalue weighted by molar-refractivity contribution is -0.132. The number of benzene rings is 2. The Balaban J connectivity index is 1.41. The lowest BCUT2D eigenvalue weighted by Gasteiger charge is -2.43. The van der Waals surface area contributed by atoms with E-state index in [-0.39, 0.29) is 52.1 Å². The van der Waals surface area contributed by atoms with E-state index in [1.54, 1.807) is 19.9 Å². The van der Waals surface area contributed by atoms with Crippen LogP contribution in [-0.4, -0.2) is 112 Å². The van der Waals surface area contributed by atoms with Gasteiger partial charge in [-0.15, -0.1) is 0 Å². The van der Waals surface area contributed by atoms with E-state index in [1.807, 2.05) is 0 Å². The van der Waals surface area contributed by atoms with E-state index in [9.17, 15) is 18.5 Å². The summed E-state index contributed by atoms with van der Waals surface area (Å²) in [5.74, 6) is -0.807. The molecule has 1 unspecified atom stereocenters. The highest BCUT2D eigenvalue weighted by atomic mass is 32.2. The van der Waals surface area contributed by atoms with Gasteiger partial charge in [-0.1, -0.05) is 6.92 Å². The molecule has 2 amide bonds. The first-order valence-corrected chi connectivity index (χ1v) is 19.5. The predicted molar refractivity (Wildman–Crippen MR) is 196 cm³/mol. The highest BCUT2D eigenvalue weighted by Gasteiger charge is 2.61. The van der Waals surface area contributed by atoms with Crippen LogP contribution in [0.1, 0.15) is 56.7 Å². The van der Waals surface area contributed by atoms with E-state index in [1.165, 1.54) is 60.7 Å². The maximum atomic E-state index is 15.2. The number of rotatable bonds is 12. The van der Waals surface area contributed by atoms with E-state index < -0.39 is 27.6 Å². The summed E-state index contributed by atoms with van der Waals surface area (Å²) in [5, 5.41) is 9.97. The van der Waals surface area contributed by atoms with Crippen molar-refractivity contribution in [3.8, 4) is 23.4 Å². The first kappa shape index (κ1) is 37.8. The van der Waals surface area contributed by atoms with E-state index in [0.717, 1.165) is 38.9 Å². The van der Waals surface area contributed by atoms with Crippen LogP contribution in [0.25, 0.3) is 0 Å². The fraction of sp³-hybridized carbons (Fsp3) is 0.474. The minimum absolute atomic E-state index is 0.0172. The van der Waals surface area contributed by atoms with Crippen LogP contribution in [0.3, 0.4) is 0 Å². The largest absolute Gasteiger partial charge is 0.497 e. The standard InChI is InChI=1S/C38H46N6O8S/c1-5-17-41-18-14-28(15-19-41)42-20-22-43(23-21-42)37(46)52-38(30-9-8-16-40-35(30)51-7-3)31-24-27(26-39)10-12-32(31)44(36(38)45)53(47,48)34-13-11-29(49-4)25-33(34)50-6-2/h8-13,16,24-25,28H,5-7,14-15,17-23H2,1-4H3. The third kappa shape index (κ3) is 7.10. The molecule has 3 aliphatic rings. The Kier molecular flexibility index (Phi) is 11.4. The Morgan fingerprint density at radius 3 is 2.36 bits per heavy atom. The number of sulfonamides is 1. The van der Waals surface area contributed by atoms with E-state index >= 15 is 4.79 Å². The van der Waals surface area contributed by atoms with Gasteiger partial charge >= 0.3 is 6.09 Å². The van der Waals surface area contributed by atoms with Crippen molar-refractivity contribution in [3.05, 3.63) is 71.4 Å². The van der Waals surface area contributed by atoms with Gasteiger partial charge in [0.15, 0.2) is 0 Å². The molecular weight excluding hydrogens is 701 g/mol. The van der Waals surface area contributed by atoms with Gasteiger partial charge < -0.3 is 28.7 Å². The molecule has 2 fully saturated rings. The number of anilines is 1. The molecule has 0 saturated carbocycles. The number of nitrogens with zero attached hydrogens (tertiary/aromatic N) is 6. The second-order valence-corrected chi connectivity index (χ2v) is 14.9. The van der Waals surface area contributed by atoms with E-state index in [0.29, 0.717) is 42.3 Å². The van der Waals surface area contributed by atoms with Gasteiger partial charge in [0.05, 0.1) is 43.2 Å². The summed E-state index contributed by atoms with van der Waals surface area (Å²) in [6.45, 7) is 11.0. The molecule has 1 aromatic heterocycles. The van der Waals surface area contributed by atoms with Gasteiger partial charge in [-0.2, -0.15) is 9.57 Å². The molecule has 2 saturated heterocycles. The number of methoxy groups -OCH3 is 1. The summed E-state index contributed by atoms with van der Waals surface area (Å²) in [4.78, 5) is 40.0. The Hall–Kier alpha value is -4.91. The van der Waals surface area contributed by atoms with Gasteiger partial charge in [0.1, 0.15) is 16.4 Å². The number of ether oxygens (including phenoxy) is 4. The molecule has 6 rings (SSSR count). The van der Waals surface area contributed by atoms with E-state index in [4.69, 9.17) is 18.9 Å². The molecule has 15 heteroatoms. The number of piperazine rings is 1. The minimum atomic E-state index is -4.75. The summed E-state index contributed by atoms with van der Waals surface area (Å²) in [7, 11) is -3.31. The highest BCUT2D eigenvalue weighted by Crippen LogP contribution is 2.52. The molecule has 0 aliphatic carbocycles. The topological polar surface area (TPSA) is 155 Å². The molecule has 282 valence electrons. The van der Waals surface area contributed by atoms with Gasteiger partial charge in [-0.25, -0.2) is 18.2 Å². The maximum absolute atomic E-state index is 15.2. The van der Waals surface area contributed by atoms with Gasteiger partial charge in [-0.3, -0.25) is 9.69 Å². The number of nitriles is 1. The molecule has 53 heavy (non-hydrogen) atoms. The van der Waals surface area contributed by atoms with Crippen LogP contribution in [0.4, 0.5) is 10.5 Å². The zero-order valence-electron chi connectivity index (χ0n) is 30.6. The number of amides is 2. The van der Waals surface area contributed by atoms with Crippen molar-refractivity contribution in [3.63, 3.8) is 0 Å². The molecule has 1 atom stereocenters. The first-order chi connectivity index (χ1) is 25.6. The minimum Gasteiger partial charge on any atom is -0.497 e. The lowest BCUT2D eigenvalue weighted by Crippen LogP contribution is -2.56. The average molecular weight is 747 g/mol. The Morgan fingerprint density at radius 2 is 1.70 bits per heavy atom. The first-order valence-electron chi connectivity index (χ1n) is 18.1. The zero-order chi connectivity index (χ0) is 37.8. The summed E-state index contributed by atoms with van der Waals surface area (Å²) in [6, 6.07) is 13.9. The number of aromatic nitrogens is 1. The normalized spacial score (nSPS) is 19.8. The van der Waals surface area contributed by atoms with Crippen LogP contribution in [0.5, 0.6) is 17.4 Å². The molecule has 0 N–H and O–H groups in total. The molecule has 4 heterocycles. The number of fused-ring (bicyclic) bond motifs is 1. The van der Waals surface area contributed by atoms with Crippen LogP contribution < -0.4 is 18.5 Å². The van der Waals surface area contributed by atoms with Gasteiger partial charge in [0, 0.05) is 50.0 Å². The molecule has 3 aliphatic heterocycles. The van der Waals surface area contributed by atoms with Crippen molar-refractivity contribution in [2.45, 2.75) is 56.6 Å². The molecule has 0 spiro atoms. The smallest absolute Gasteiger partial charge is 0.411 e. The van der Waals surface area contributed by atoms with Crippen molar-refractivity contribution < 1.29 is 37.0 Å². The van der Waals surface area contributed by atoms with Crippen LogP contribution >= 0.6 is 0 Å². The maximum Gasteiger partial charge on any atom is 0.411 e. The molecule has 3 aromatic rings. The number of carbonyl (C=O) groups is 2. The molecule has 14 nitrogen and oxygen atoms in total. The molecule has 0 bridgehead atoms. The number of hydrogen-bond acceptors (Lipinski definition) is 12. The summed E-state index contributed by atoms with van der Waals surface area (Å²) < 4.78 is 53.3. The van der Waals surface area contributed by atoms with Gasteiger partial charge in [0.2, 0.25) is 5.88 Å². The number of likely N-dealkylation sites (tertiary alicyclic amines) is 1. The third-order valence-electron chi connectivity index (χ3n) is 10.0. The number of carbonyl (C=O) groups excluding carboxylic acids is 2.